The molecule has 0 fully saturated rings. The van der Waals surface area contributed by atoms with Crippen molar-refractivity contribution in [1.29, 1.82) is 0 Å². The van der Waals surface area contributed by atoms with Crippen LogP contribution in [0, 0.1) is 0 Å². The molecule has 11 heteroatoms. The molecule has 0 spiro atoms. The summed E-state index contributed by atoms with van der Waals surface area (Å²) in [5, 5.41) is 14.1. The lowest BCUT2D eigenvalue weighted by atomic mass is 10.2. The summed E-state index contributed by atoms with van der Waals surface area (Å²) in [7, 11) is 0. The van der Waals surface area contributed by atoms with Gasteiger partial charge in [-0.25, -0.2) is 4.98 Å². The minimum atomic E-state index is -4.52. The second-order valence-electron chi connectivity index (χ2n) is 5.74. The van der Waals surface area contributed by atoms with E-state index in [-0.39, 0.29) is 22.5 Å². The monoisotopic (exact) mass is 423 g/mol. The normalized spacial score (nSPS) is 11.2. The van der Waals surface area contributed by atoms with E-state index in [4.69, 9.17) is 16.7 Å². The minimum absolute atomic E-state index is 0.00101. The highest BCUT2D eigenvalue weighted by Gasteiger charge is 2.30. The van der Waals surface area contributed by atoms with E-state index in [1.54, 1.807) is 24.4 Å². The fourth-order valence-electron chi connectivity index (χ4n) is 2.32. The number of carboxylic acid groups (broad SMARTS) is 1. The first-order chi connectivity index (χ1) is 13.7. The first kappa shape index (κ1) is 20.3. The molecule has 1 aromatic carbocycles. The Balaban J connectivity index is 1.95. The van der Waals surface area contributed by atoms with Gasteiger partial charge in [-0.3, -0.25) is 9.78 Å². The van der Waals surface area contributed by atoms with E-state index in [2.05, 4.69) is 25.6 Å². The molecule has 3 N–H and O–H groups in total. The molecule has 0 unspecified atom stereocenters. The van der Waals surface area contributed by atoms with E-state index >= 15 is 0 Å². The van der Waals surface area contributed by atoms with Crippen LogP contribution < -0.4 is 10.6 Å². The van der Waals surface area contributed by atoms with Crippen molar-refractivity contribution in [3.05, 3.63) is 59.2 Å². The van der Waals surface area contributed by atoms with Gasteiger partial charge in [0.1, 0.15) is 12.4 Å². The lowest BCUT2D eigenvalue weighted by molar-refractivity contribution is -0.137. The molecule has 0 aliphatic carbocycles. The SMILES string of the molecule is O=C(O)CNc1nc(Nc2ccc(C(F)(F)F)cc2Cl)cc(-c2ccccn2)n1. The van der Waals surface area contributed by atoms with Gasteiger partial charge in [0.15, 0.2) is 0 Å². The van der Waals surface area contributed by atoms with Crippen molar-refractivity contribution in [3.63, 3.8) is 0 Å². The summed E-state index contributed by atoms with van der Waals surface area (Å²) in [6.45, 7) is -0.424. The summed E-state index contributed by atoms with van der Waals surface area (Å²) in [4.78, 5) is 23.3. The Morgan fingerprint density at radius 1 is 1.10 bits per heavy atom. The van der Waals surface area contributed by atoms with Crippen LogP contribution in [0.2, 0.25) is 5.02 Å². The van der Waals surface area contributed by atoms with E-state index in [0.29, 0.717) is 11.4 Å². The number of nitrogens with one attached hydrogen (secondary N) is 2. The van der Waals surface area contributed by atoms with Gasteiger partial charge in [0, 0.05) is 12.3 Å². The van der Waals surface area contributed by atoms with E-state index in [1.165, 1.54) is 12.1 Å². The molecule has 0 radical (unpaired) electrons. The number of aliphatic carboxylic acids is 1. The highest BCUT2D eigenvalue weighted by Crippen LogP contribution is 2.35. The van der Waals surface area contributed by atoms with Gasteiger partial charge >= 0.3 is 12.1 Å². The maximum absolute atomic E-state index is 12.8. The van der Waals surface area contributed by atoms with Gasteiger partial charge in [-0.05, 0) is 30.3 Å². The second-order valence-corrected chi connectivity index (χ2v) is 6.15. The van der Waals surface area contributed by atoms with Gasteiger partial charge in [-0.1, -0.05) is 17.7 Å². The van der Waals surface area contributed by atoms with E-state index in [0.717, 1.165) is 12.1 Å². The van der Waals surface area contributed by atoms with Crippen molar-refractivity contribution in [2.45, 2.75) is 6.18 Å². The molecule has 0 aliphatic heterocycles. The molecule has 0 aliphatic rings. The number of pyridine rings is 1. The smallest absolute Gasteiger partial charge is 0.416 e. The van der Waals surface area contributed by atoms with Crippen LogP contribution in [0.3, 0.4) is 0 Å². The Morgan fingerprint density at radius 2 is 1.90 bits per heavy atom. The molecule has 0 saturated heterocycles. The predicted octanol–water partition coefficient (Wildman–Crippen LogP) is 4.45. The summed E-state index contributed by atoms with van der Waals surface area (Å²) >= 11 is 5.97. The average molecular weight is 424 g/mol. The number of aromatic nitrogens is 3. The second kappa shape index (κ2) is 8.31. The number of hydrogen-bond acceptors (Lipinski definition) is 6. The number of rotatable bonds is 6. The third-order valence-corrected chi connectivity index (χ3v) is 3.92. The molecule has 29 heavy (non-hydrogen) atoms. The van der Waals surface area contributed by atoms with Crippen molar-refractivity contribution in [2.24, 2.45) is 0 Å². The highest BCUT2D eigenvalue weighted by atomic mass is 35.5. The maximum Gasteiger partial charge on any atom is 0.416 e. The summed E-state index contributed by atoms with van der Waals surface area (Å²) < 4.78 is 38.4. The van der Waals surface area contributed by atoms with Crippen LogP contribution >= 0.6 is 11.6 Å². The van der Waals surface area contributed by atoms with Gasteiger partial charge < -0.3 is 15.7 Å². The van der Waals surface area contributed by atoms with Crippen molar-refractivity contribution in [3.8, 4) is 11.4 Å². The number of anilines is 3. The number of carbonyl (C=O) groups is 1. The highest BCUT2D eigenvalue weighted by molar-refractivity contribution is 6.33. The average Bonchev–Trinajstić information content (AvgIpc) is 2.68. The van der Waals surface area contributed by atoms with Gasteiger partial charge in [0.25, 0.3) is 0 Å². The zero-order valence-corrected chi connectivity index (χ0v) is 15.3. The molecule has 3 aromatic rings. The Labute approximate surface area is 167 Å². The molecule has 0 atom stereocenters. The van der Waals surface area contributed by atoms with E-state index in [9.17, 15) is 18.0 Å². The predicted molar refractivity (Wildman–Crippen MR) is 101 cm³/mol. The Bertz CT molecular complexity index is 1030. The van der Waals surface area contributed by atoms with Crippen LogP contribution in [0.4, 0.5) is 30.6 Å². The van der Waals surface area contributed by atoms with Crippen LogP contribution in [0.25, 0.3) is 11.4 Å². The molecular formula is C18H13ClF3N5O2. The standard InChI is InChI=1S/C18H13ClF3N5O2/c19-11-7-10(18(20,21)22)4-5-12(11)25-15-8-14(13-3-1-2-6-23-13)26-17(27-15)24-9-16(28)29/h1-8H,9H2,(H,28,29)(H2,24,25,26,27). The van der Waals surface area contributed by atoms with Crippen molar-refractivity contribution in [1.82, 2.24) is 15.0 Å². The van der Waals surface area contributed by atoms with Gasteiger partial charge in [0.2, 0.25) is 5.95 Å². The van der Waals surface area contributed by atoms with Crippen LogP contribution in [0.5, 0.6) is 0 Å². The number of alkyl halides is 3. The fraction of sp³-hybridized carbons (Fsp3) is 0.111. The quantitative estimate of drug-likeness (QED) is 0.538. The number of halogens is 4. The molecule has 7 nitrogen and oxygen atoms in total. The van der Waals surface area contributed by atoms with Crippen LogP contribution in [0.1, 0.15) is 5.56 Å². The Hall–Kier alpha value is -3.40. The summed E-state index contributed by atoms with van der Waals surface area (Å²) in [6.07, 6.45) is -2.96. The van der Waals surface area contributed by atoms with Crippen molar-refractivity contribution in [2.75, 3.05) is 17.2 Å². The number of hydrogen-bond donors (Lipinski definition) is 3. The Morgan fingerprint density at radius 3 is 2.52 bits per heavy atom. The molecular weight excluding hydrogens is 411 g/mol. The lowest BCUT2D eigenvalue weighted by Crippen LogP contribution is -2.15. The first-order valence-electron chi connectivity index (χ1n) is 8.12. The summed E-state index contributed by atoms with van der Waals surface area (Å²) in [6, 6.07) is 9.54. The van der Waals surface area contributed by atoms with Gasteiger partial charge in [0.05, 0.1) is 27.7 Å². The maximum atomic E-state index is 12.8. The van der Waals surface area contributed by atoms with E-state index < -0.39 is 24.3 Å². The largest absolute Gasteiger partial charge is 0.480 e. The topological polar surface area (TPSA) is 100 Å². The number of carboxylic acids is 1. The van der Waals surface area contributed by atoms with Gasteiger partial charge in [-0.15, -0.1) is 0 Å². The molecule has 0 bridgehead atoms. The number of nitrogens with zero attached hydrogens (tertiary/aromatic N) is 3. The molecule has 2 aromatic heterocycles. The molecule has 3 rings (SSSR count). The zero-order valence-electron chi connectivity index (χ0n) is 14.5. The van der Waals surface area contributed by atoms with E-state index in [1.807, 2.05) is 0 Å². The minimum Gasteiger partial charge on any atom is -0.480 e. The fourth-order valence-corrected chi connectivity index (χ4v) is 2.55. The summed E-state index contributed by atoms with van der Waals surface area (Å²) in [5.41, 5.74) is 0.178. The molecule has 150 valence electrons. The third kappa shape index (κ3) is 5.32. The van der Waals surface area contributed by atoms with Crippen molar-refractivity contribution >= 4 is 35.0 Å². The van der Waals surface area contributed by atoms with Crippen LogP contribution in [-0.2, 0) is 11.0 Å². The number of benzene rings is 1. The first-order valence-corrected chi connectivity index (χ1v) is 8.50. The lowest BCUT2D eigenvalue weighted by Gasteiger charge is -2.13. The molecule has 2 heterocycles. The van der Waals surface area contributed by atoms with Crippen molar-refractivity contribution < 1.29 is 23.1 Å². The summed E-state index contributed by atoms with van der Waals surface area (Å²) in [5.74, 6) is -0.923. The van der Waals surface area contributed by atoms with Crippen LogP contribution in [-0.4, -0.2) is 32.6 Å². The molecule has 0 amide bonds. The van der Waals surface area contributed by atoms with Crippen LogP contribution in [0.15, 0.2) is 48.7 Å². The Kier molecular flexibility index (Phi) is 5.83. The van der Waals surface area contributed by atoms with Gasteiger partial charge in [-0.2, -0.15) is 18.2 Å². The third-order valence-electron chi connectivity index (χ3n) is 3.61. The zero-order chi connectivity index (χ0) is 21.0. The molecule has 0 saturated carbocycles.